The summed E-state index contributed by atoms with van der Waals surface area (Å²) < 4.78 is 26.3. The Bertz CT molecular complexity index is 2080. The van der Waals surface area contributed by atoms with Gasteiger partial charge in [-0.05, 0) is 81.1 Å². The van der Waals surface area contributed by atoms with Crippen molar-refractivity contribution in [3.63, 3.8) is 0 Å². The molecule has 326 valence electrons. The number of aliphatic hydroxyl groups is 1. The topological polar surface area (TPSA) is 222 Å². The fourth-order valence-electron chi connectivity index (χ4n) is 5.59. The minimum absolute atomic E-state index is 0. The summed E-state index contributed by atoms with van der Waals surface area (Å²) in [5.41, 5.74) is 12.6. The second kappa shape index (κ2) is 26.5. The third-order valence-corrected chi connectivity index (χ3v) is 8.10. The summed E-state index contributed by atoms with van der Waals surface area (Å²) in [4.78, 5) is 18.8. The molecule has 0 saturated carbocycles. The van der Waals surface area contributed by atoms with Crippen molar-refractivity contribution in [1.29, 1.82) is 0 Å². The summed E-state index contributed by atoms with van der Waals surface area (Å²) in [6.07, 6.45) is 1.46. The molecule has 5 aromatic rings. The maximum Gasteiger partial charge on any atom is 2.00 e. The maximum atomic E-state index is 11.0. The van der Waals surface area contributed by atoms with E-state index in [2.05, 4.69) is 23.8 Å². The van der Waals surface area contributed by atoms with Crippen molar-refractivity contribution in [3.05, 3.63) is 109 Å². The number of methoxy groups -OCH3 is 4. The van der Waals surface area contributed by atoms with Crippen LogP contribution in [-0.4, -0.2) is 87.7 Å². The number of hydrogen-bond acceptors (Lipinski definition) is 14. The first kappa shape index (κ1) is 56.5. The second-order valence-corrected chi connectivity index (χ2v) is 13.5. The first-order valence-electron chi connectivity index (χ1n) is 17.9. The van der Waals surface area contributed by atoms with Gasteiger partial charge < -0.3 is 64.4 Å². The Hall–Kier alpha value is -5.64. The number of nitrogen functional groups attached to an aromatic ring is 2. The summed E-state index contributed by atoms with van der Waals surface area (Å²) in [7, 11) is 6.21. The summed E-state index contributed by atoms with van der Waals surface area (Å²) in [6, 6.07) is 20.5. The molecule has 1 heterocycles. The number of aromatic nitrogens is 2. The number of rotatable bonds is 10. The van der Waals surface area contributed by atoms with E-state index < -0.39 is 5.60 Å². The van der Waals surface area contributed by atoms with Crippen LogP contribution in [0.3, 0.4) is 0 Å². The van der Waals surface area contributed by atoms with E-state index in [1.54, 1.807) is 64.5 Å². The minimum Gasteiger partial charge on any atom is -1.00 e. The van der Waals surface area contributed by atoms with E-state index in [0.29, 0.717) is 34.3 Å². The molecular weight excluding hydrogens is 781 g/mol. The van der Waals surface area contributed by atoms with Crippen molar-refractivity contribution in [2.75, 3.05) is 39.9 Å². The fourth-order valence-corrected chi connectivity index (χ4v) is 5.59. The Labute approximate surface area is 373 Å². The zero-order valence-corrected chi connectivity index (χ0v) is 37.6. The number of anilines is 2. The third-order valence-electron chi connectivity index (χ3n) is 8.10. The van der Waals surface area contributed by atoms with Crippen LogP contribution in [0, 0.1) is 7.43 Å². The van der Waals surface area contributed by atoms with Crippen molar-refractivity contribution >= 4 is 40.6 Å². The molecule has 8 N–H and O–H groups in total. The molecule has 0 bridgehead atoms. The fraction of sp³-hybridized carbons (Fsp3) is 0.333. The maximum absolute atomic E-state index is 11.0. The van der Waals surface area contributed by atoms with E-state index in [4.69, 9.17) is 35.2 Å². The Morgan fingerprint density at radius 1 is 0.667 bits per heavy atom. The SMILES string of the molecule is C.COc1cccc(O)c1C(C)(C)O.COc1cccc(O)c1C(C)=O.COc1cccc(O)c1C(C)C.COc1cccc(Oc2cnc(N)nc2N)c1C(C)C.[CH3-].[H-].[Mg+2]. The van der Waals surface area contributed by atoms with Gasteiger partial charge in [-0.15, -0.1) is 0 Å². The van der Waals surface area contributed by atoms with Crippen LogP contribution in [0.5, 0.6) is 51.7 Å². The molecule has 5 rings (SSSR count). The van der Waals surface area contributed by atoms with Gasteiger partial charge in [0.25, 0.3) is 0 Å². The molecule has 1 aromatic heterocycles. The van der Waals surface area contributed by atoms with Gasteiger partial charge in [0.05, 0.1) is 45.8 Å². The number of phenolic OH excluding ortho intramolecular Hbond substituents is 3. The van der Waals surface area contributed by atoms with Crippen molar-refractivity contribution in [1.82, 2.24) is 9.97 Å². The first-order chi connectivity index (χ1) is 26.8. The molecule has 0 aliphatic carbocycles. The zero-order chi connectivity index (χ0) is 43.0. The molecule has 15 heteroatoms. The van der Waals surface area contributed by atoms with E-state index in [9.17, 15) is 25.2 Å². The van der Waals surface area contributed by atoms with Gasteiger partial charge in [0.15, 0.2) is 17.4 Å². The molecule has 0 atom stereocenters. The predicted octanol–water partition coefficient (Wildman–Crippen LogP) is 9.14. The van der Waals surface area contributed by atoms with Crippen LogP contribution in [0.15, 0.2) is 79.0 Å². The van der Waals surface area contributed by atoms with E-state index in [-0.39, 0.29) is 85.8 Å². The normalized spacial score (nSPS) is 9.97. The number of Topliss-reactive ketones (excluding diaryl/α,β-unsaturated/α-hetero) is 1. The average molecular weight is 845 g/mol. The number of nitrogens with zero attached hydrogens (tertiary/aromatic N) is 2. The number of hydrogen-bond donors (Lipinski definition) is 6. The minimum atomic E-state index is -1.10. The molecule has 0 aliphatic rings. The van der Waals surface area contributed by atoms with Crippen LogP contribution < -0.4 is 35.2 Å². The quantitative estimate of drug-likeness (QED) is 0.0438. The Balaban J connectivity index is -0.000000738. The van der Waals surface area contributed by atoms with E-state index in [1.165, 1.54) is 39.5 Å². The van der Waals surface area contributed by atoms with E-state index >= 15 is 0 Å². The van der Waals surface area contributed by atoms with Crippen LogP contribution in [0.1, 0.15) is 96.2 Å². The molecule has 4 aromatic carbocycles. The van der Waals surface area contributed by atoms with Gasteiger partial charge in [0, 0.05) is 11.1 Å². The molecule has 0 aliphatic heterocycles. The standard InChI is InChI=1S/C14H18N4O2.C10H14O3.C10H14O2.C9H10O3.CH4.CH3.Mg.H/c1-8(2)12-9(19-3)5-4-6-10(12)20-11-7-17-14(16)18-13(11)15;1-10(2,12)9-7(11)5-4-6-8(9)13-3;1-7(2)10-8(11)5-4-6-9(10)12-3;1-6(10)9-7(11)4-3-5-8(9)12-2;;;;/h4-8H,1-3H3,(H4,15,16,17,18);4-6,11-12H,1-3H3;4-7,11H,1-3H3;3-5,11H,1-2H3;1H4;1H3;;/q;;;;;-1;+2;-1. The molecule has 0 saturated heterocycles. The average Bonchev–Trinajstić information content (AvgIpc) is 3.15. The summed E-state index contributed by atoms with van der Waals surface area (Å²) >= 11 is 0. The van der Waals surface area contributed by atoms with Gasteiger partial charge in [-0.3, -0.25) is 4.79 Å². The molecule has 60 heavy (non-hydrogen) atoms. The number of benzene rings is 4. The monoisotopic (exact) mass is 844 g/mol. The van der Waals surface area contributed by atoms with Crippen molar-refractivity contribution in [2.45, 2.75) is 73.3 Å². The number of carbonyl (C=O) groups is 1. The Morgan fingerprint density at radius 2 is 1.08 bits per heavy atom. The molecule has 0 spiro atoms. The Kier molecular flexibility index (Phi) is 24.9. The van der Waals surface area contributed by atoms with E-state index in [1.807, 2.05) is 38.1 Å². The van der Waals surface area contributed by atoms with Gasteiger partial charge >= 0.3 is 23.1 Å². The number of ketones is 1. The van der Waals surface area contributed by atoms with Crippen molar-refractivity contribution in [2.24, 2.45) is 0 Å². The number of carbonyl (C=O) groups excluding carboxylic acids is 1. The smallest absolute Gasteiger partial charge is 1.00 e. The van der Waals surface area contributed by atoms with Gasteiger partial charge in [0.1, 0.15) is 51.6 Å². The second-order valence-electron chi connectivity index (χ2n) is 13.5. The van der Waals surface area contributed by atoms with E-state index in [0.717, 1.165) is 22.6 Å². The molecule has 14 nitrogen and oxygen atoms in total. The number of aromatic hydroxyl groups is 3. The summed E-state index contributed by atoms with van der Waals surface area (Å²) in [5, 5.41) is 38.1. The third kappa shape index (κ3) is 15.8. The molecule has 0 unspecified atom stereocenters. The van der Waals surface area contributed by atoms with Crippen LogP contribution in [0.25, 0.3) is 0 Å². The summed E-state index contributed by atoms with van der Waals surface area (Å²) in [6.45, 7) is 12.8. The van der Waals surface area contributed by atoms with Crippen LogP contribution in [-0.2, 0) is 5.60 Å². The Morgan fingerprint density at radius 3 is 1.48 bits per heavy atom. The predicted molar refractivity (Wildman–Crippen MR) is 241 cm³/mol. The molecular formula is C45H64MgN4O10. The largest absolute Gasteiger partial charge is 2.00 e. The number of nitrogens with two attached hydrogens (primary N) is 2. The first-order valence-corrected chi connectivity index (χ1v) is 17.9. The van der Waals surface area contributed by atoms with Crippen molar-refractivity contribution in [3.8, 4) is 51.7 Å². The molecule has 0 radical (unpaired) electrons. The van der Waals surface area contributed by atoms with Crippen LogP contribution in [0.4, 0.5) is 11.8 Å². The van der Waals surface area contributed by atoms with Gasteiger partial charge in [-0.1, -0.05) is 59.4 Å². The summed E-state index contributed by atoms with van der Waals surface area (Å²) in [5.74, 6) is 4.40. The number of ether oxygens (including phenoxy) is 5. The molecule has 0 amide bonds. The molecule has 0 fully saturated rings. The zero-order valence-electron chi connectivity index (χ0n) is 37.2. The van der Waals surface area contributed by atoms with Gasteiger partial charge in [-0.25, -0.2) is 4.98 Å². The van der Waals surface area contributed by atoms with Crippen LogP contribution in [0.2, 0.25) is 0 Å². The van der Waals surface area contributed by atoms with Gasteiger partial charge in [0.2, 0.25) is 5.95 Å². The van der Waals surface area contributed by atoms with Crippen LogP contribution >= 0.6 is 0 Å². The van der Waals surface area contributed by atoms with Gasteiger partial charge in [-0.2, -0.15) is 4.98 Å². The number of phenols is 3. The van der Waals surface area contributed by atoms with Crippen molar-refractivity contribution < 1.29 is 50.3 Å².